The van der Waals surface area contributed by atoms with E-state index in [2.05, 4.69) is 127 Å². The number of ether oxygens (including phenoxy) is 1. The molecule has 690 valence electrons. The van der Waals surface area contributed by atoms with E-state index in [1.165, 1.54) is 49.1 Å². The number of aryl methyl sites for hydroxylation is 4. The number of nitrogens with one attached hydrogen (secondary N) is 2. The van der Waals surface area contributed by atoms with Crippen molar-refractivity contribution in [2.24, 2.45) is 0 Å². The van der Waals surface area contributed by atoms with Gasteiger partial charge in [0.05, 0.1) is 72.7 Å². The summed E-state index contributed by atoms with van der Waals surface area (Å²) in [5.74, 6) is -0.446. The van der Waals surface area contributed by atoms with Crippen molar-refractivity contribution in [1.82, 2.24) is 87.4 Å². The SMILES string of the molecule is CC(=O)c1cnc2ccc(-c3cccnc3-c3ccc(F)c(C)c3)cn12.CC(=O)c1cnc2ccc(-c3cccnc3-c3cccc(C)c3)cn12.CC(=O)c1cnc2ccc(-c3cccnc3-c3cccc(C4CC4)c3)cn12.CNC(=O)c1cnc2ccc(-c3cccnc3-c3ccc(F)c(C)c3)cn12.Cc1cc(-c2ncccc2-c2ccc3ncc(C(=O)NCCN4CCOCC4)n3c2)ccc1F. The molecule has 1 saturated carbocycles. The van der Waals surface area contributed by atoms with Crippen molar-refractivity contribution in [3.63, 3.8) is 0 Å². The number of amides is 2. The maximum Gasteiger partial charge on any atom is 0.269 e. The van der Waals surface area contributed by atoms with Crippen molar-refractivity contribution in [2.75, 3.05) is 46.4 Å². The van der Waals surface area contributed by atoms with E-state index in [9.17, 15) is 37.1 Å². The van der Waals surface area contributed by atoms with Crippen LogP contribution in [0.1, 0.15) is 120 Å². The van der Waals surface area contributed by atoms with Gasteiger partial charge in [-0.1, -0.05) is 72.3 Å². The van der Waals surface area contributed by atoms with E-state index >= 15 is 0 Å². The molecule has 5 aromatic carbocycles. The number of pyridine rings is 10. The number of morpholine rings is 1. The molecule has 1 aliphatic heterocycles. The van der Waals surface area contributed by atoms with E-state index in [1.54, 1.807) is 147 Å². The molecule has 0 spiro atoms. The summed E-state index contributed by atoms with van der Waals surface area (Å²) in [5.41, 5.74) is 28.9. The molecule has 0 bridgehead atoms. The van der Waals surface area contributed by atoms with Gasteiger partial charge in [-0.25, -0.2) is 38.1 Å². The van der Waals surface area contributed by atoms with Gasteiger partial charge in [-0.15, -0.1) is 0 Å². The minimum Gasteiger partial charge on any atom is -0.379 e. The molecule has 2 fully saturated rings. The van der Waals surface area contributed by atoms with Crippen molar-refractivity contribution in [1.29, 1.82) is 0 Å². The normalized spacial score (nSPS) is 12.4. The van der Waals surface area contributed by atoms with Gasteiger partial charge in [0.1, 0.15) is 74.2 Å². The molecular weight excluding hydrogens is 1750 g/mol. The van der Waals surface area contributed by atoms with Crippen LogP contribution in [0.4, 0.5) is 13.2 Å². The molecule has 20 aromatic rings. The second-order valence-electron chi connectivity index (χ2n) is 34.1. The number of ketones is 3. The molecule has 15 aromatic heterocycles. The molecule has 1 saturated heterocycles. The highest BCUT2D eigenvalue weighted by Crippen LogP contribution is 2.43. The minimum absolute atomic E-state index is 0.00296. The van der Waals surface area contributed by atoms with Crippen LogP contribution >= 0.6 is 0 Å². The second kappa shape index (κ2) is 41.0. The summed E-state index contributed by atoms with van der Waals surface area (Å²) in [5, 5.41) is 5.62. The first kappa shape index (κ1) is 92.4. The first-order valence-electron chi connectivity index (χ1n) is 45.5. The van der Waals surface area contributed by atoms with Gasteiger partial charge in [-0.3, -0.25) is 75.8 Å². The van der Waals surface area contributed by atoms with Crippen LogP contribution < -0.4 is 10.6 Å². The summed E-state index contributed by atoms with van der Waals surface area (Å²) in [7, 11) is 1.58. The number of carbonyl (C=O) groups is 5. The number of hydrogen-bond donors (Lipinski definition) is 2. The number of rotatable bonds is 19. The summed E-state index contributed by atoms with van der Waals surface area (Å²) in [4.78, 5) is 107. The lowest BCUT2D eigenvalue weighted by atomic mass is 9.98. The van der Waals surface area contributed by atoms with Crippen LogP contribution in [0.2, 0.25) is 0 Å². The lowest BCUT2D eigenvalue weighted by molar-refractivity contribution is 0.0383. The Morgan fingerprint density at radius 2 is 0.640 bits per heavy atom. The van der Waals surface area contributed by atoms with E-state index in [0.717, 1.165) is 156 Å². The molecule has 139 heavy (non-hydrogen) atoms. The second-order valence-corrected chi connectivity index (χ2v) is 34.1. The van der Waals surface area contributed by atoms with Gasteiger partial charge in [0.15, 0.2) is 17.3 Å². The lowest BCUT2D eigenvalue weighted by Gasteiger charge is -2.26. The number of imidazole rings is 5. The maximum absolute atomic E-state index is 13.8. The van der Waals surface area contributed by atoms with Crippen LogP contribution in [0, 0.1) is 45.1 Å². The number of aromatic nitrogens is 15. The van der Waals surface area contributed by atoms with Crippen molar-refractivity contribution in [2.45, 2.75) is 67.2 Å². The highest BCUT2D eigenvalue weighted by molar-refractivity contribution is 5.97. The Hall–Kier alpha value is -17.0. The summed E-state index contributed by atoms with van der Waals surface area (Å²) < 4.78 is 55.5. The molecule has 1 aliphatic carbocycles. The van der Waals surface area contributed by atoms with Gasteiger partial charge < -0.3 is 15.4 Å². The summed E-state index contributed by atoms with van der Waals surface area (Å²) in [6.45, 7) is 16.5. The largest absolute Gasteiger partial charge is 0.379 e. The highest BCUT2D eigenvalue weighted by atomic mass is 19.1. The predicted molar refractivity (Wildman–Crippen MR) is 533 cm³/mol. The molecule has 0 radical (unpaired) electrons. The smallest absolute Gasteiger partial charge is 0.269 e. The van der Waals surface area contributed by atoms with E-state index in [0.29, 0.717) is 74.6 Å². The Bertz CT molecular complexity index is 8090. The first-order valence-corrected chi connectivity index (χ1v) is 45.5. The number of carbonyl (C=O) groups excluding carboxylic acids is 5. The zero-order valence-electron chi connectivity index (χ0n) is 77.5. The molecular formula is C112H95F3N18O6. The zero-order valence-corrected chi connectivity index (χ0v) is 77.5. The summed E-state index contributed by atoms with van der Waals surface area (Å²) >= 11 is 0. The molecule has 2 amide bonds. The van der Waals surface area contributed by atoms with Crippen LogP contribution in [0.3, 0.4) is 0 Å². The number of halogens is 3. The number of hydrogen-bond acceptors (Lipinski definition) is 17. The van der Waals surface area contributed by atoms with Gasteiger partial charge in [0, 0.05) is 199 Å². The van der Waals surface area contributed by atoms with Crippen molar-refractivity contribution >= 4 is 57.4 Å². The third kappa shape index (κ3) is 20.4. The van der Waals surface area contributed by atoms with Gasteiger partial charge in [0.25, 0.3) is 11.8 Å². The average Bonchev–Trinajstić information content (AvgIpc) is 1.71. The number of fused-ring (bicyclic) bond motifs is 5. The molecule has 27 heteroatoms. The zero-order chi connectivity index (χ0) is 96.5. The molecule has 0 atom stereocenters. The van der Waals surface area contributed by atoms with E-state index in [1.807, 2.05) is 161 Å². The van der Waals surface area contributed by atoms with Gasteiger partial charge >= 0.3 is 0 Å². The topological polar surface area (TPSA) is 273 Å². The monoisotopic (exact) mass is 1840 g/mol. The summed E-state index contributed by atoms with van der Waals surface area (Å²) in [6, 6.07) is 70.8. The van der Waals surface area contributed by atoms with Crippen molar-refractivity contribution in [3.8, 4) is 112 Å². The fourth-order valence-corrected chi connectivity index (χ4v) is 17.1. The van der Waals surface area contributed by atoms with Crippen LogP contribution in [0.15, 0.2) is 317 Å². The Balaban J connectivity index is 0.000000116. The molecule has 0 unspecified atom stereocenters. The predicted octanol–water partition coefficient (Wildman–Crippen LogP) is 21.9. The first-order chi connectivity index (χ1) is 67.6. The third-order valence-corrected chi connectivity index (χ3v) is 24.5. The van der Waals surface area contributed by atoms with Crippen LogP contribution in [0.5, 0.6) is 0 Å². The Morgan fingerprint density at radius 3 is 0.957 bits per heavy atom. The summed E-state index contributed by atoms with van der Waals surface area (Å²) in [6.07, 6.45) is 28.9. The molecule has 16 heterocycles. The fraction of sp³-hybridized carbons (Fsp3) is 0.152. The average molecular weight is 1850 g/mol. The Labute approximate surface area is 798 Å². The lowest BCUT2D eigenvalue weighted by Crippen LogP contribution is -2.41. The maximum atomic E-state index is 13.8. The van der Waals surface area contributed by atoms with Crippen LogP contribution in [-0.4, -0.2) is 152 Å². The Kier molecular flexibility index (Phi) is 27.3. The molecule has 22 rings (SSSR count). The van der Waals surface area contributed by atoms with Gasteiger partial charge in [0.2, 0.25) is 0 Å². The fourth-order valence-electron chi connectivity index (χ4n) is 17.1. The van der Waals surface area contributed by atoms with E-state index in [4.69, 9.17) is 4.74 Å². The molecule has 2 N–H and O–H groups in total. The van der Waals surface area contributed by atoms with E-state index < -0.39 is 0 Å². The quantitative estimate of drug-likeness (QED) is 0.0712. The van der Waals surface area contributed by atoms with Crippen molar-refractivity contribution < 1.29 is 41.9 Å². The van der Waals surface area contributed by atoms with Crippen LogP contribution in [0.25, 0.3) is 140 Å². The van der Waals surface area contributed by atoms with Gasteiger partial charge in [-0.2, -0.15) is 0 Å². The number of benzene rings is 5. The standard InChI is InChI=1S/C26H26FN5O2.C23H19N3O.C21H17FN4O.C21H16FN3O.C21H17N3O/c1-18-15-19(4-6-22(18)27)25-21(3-2-8-28-25)20-5-7-24-30-16-23(32(24)17-20)26(33)29-9-10-31-11-13-34-14-12-31;1-15(27)21-13-25-22-10-9-19(14-26(21)22)20-6-3-11-24-23(20)18-5-2-4-17(12-18)16-7-8-16;1-13-10-14(5-7-17(13)22)20-16(4-3-9-24-20)15-6-8-19-25-11-18(21(27)23-2)26(19)12-15;1-13-10-15(5-7-18(13)22)21-17(4-3-9-23-21)16-6-8-20-24-11-19(14(2)26)25(20)12-16;1-14-5-3-6-16(11-14)21-18(7-4-10-22-21)17-8-9-20-23-12-19(15(2)25)24(20)13-17/h2-8,15-17H,9-14H2,1H3,(H,29,33);2-6,9-14,16H,7-8H2,1H3;3-12H,1-2H3,(H,23,27);3-12H,1-2H3;3-13H,1-2H3. The Morgan fingerprint density at radius 1 is 0.338 bits per heavy atom. The third-order valence-electron chi connectivity index (χ3n) is 24.5. The minimum atomic E-state index is -0.245. The number of Topliss-reactive ketones (excluding diaryl/α,β-unsaturated/α-hetero) is 3. The van der Waals surface area contributed by atoms with Crippen LogP contribution in [-0.2, 0) is 4.74 Å². The number of nitrogens with zero attached hydrogens (tertiary/aromatic N) is 16. The van der Waals surface area contributed by atoms with E-state index in [-0.39, 0.29) is 46.6 Å². The van der Waals surface area contributed by atoms with Gasteiger partial charge in [-0.05, 0) is 226 Å². The molecule has 24 nitrogen and oxygen atoms in total. The highest BCUT2D eigenvalue weighted by Gasteiger charge is 2.26. The molecule has 2 aliphatic rings. The van der Waals surface area contributed by atoms with Crippen molar-refractivity contribution in [3.05, 3.63) is 391 Å².